The van der Waals surface area contributed by atoms with Crippen LogP contribution in [-0.2, 0) is 4.79 Å². The number of nitrogens with zero attached hydrogens (tertiary/aromatic N) is 3. The van der Waals surface area contributed by atoms with Crippen LogP contribution in [0.1, 0.15) is 41.6 Å². The average molecular weight is 469 g/mol. The van der Waals surface area contributed by atoms with E-state index >= 15 is 0 Å². The van der Waals surface area contributed by atoms with E-state index in [-0.39, 0.29) is 28.8 Å². The van der Waals surface area contributed by atoms with Gasteiger partial charge in [-0.25, -0.2) is 4.98 Å². The number of anilines is 1. The number of carbonyl (C=O) groups is 2. The minimum Gasteiger partial charge on any atom is -0.342 e. The topological polar surface area (TPSA) is 143 Å². The van der Waals surface area contributed by atoms with Gasteiger partial charge >= 0.3 is 0 Å². The number of thioether (sulfide) groups is 1. The number of H-pyrrole nitrogens is 1. The van der Waals surface area contributed by atoms with E-state index in [2.05, 4.69) is 25.8 Å². The lowest BCUT2D eigenvalue weighted by Crippen LogP contribution is -2.32. The summed E-state index contributed by atoms with van der Waals surface area (Å²) in [5.74, 6) is -0.119. The van der Waals surface area contributed by atoms with E-state index in [0.29, 0.717) is 11.0 Å². The number of benzene rings is 2. The monoisotopic (exact) mass is 468 g/mol. The lowest BCUT2D eigenvalue weighted by Gasteiger charge is -2.19. The Labute approximate surface area is 194 Å². The summed E-state index contributed by atoms with van der Waals surface area (Å²) in [4.78, 5) is 39.8. The summed E-state index contributed by atoms with van der Waals surface area (Å²) in [5, 5.41) is 24.0. The minimum absolute atomic E-state index is 0.0391. The second-order valence-corrected chi connectivity index (χ2v) is 8.60. The molecule has 3 aromatic rings. The molecule has 2 amide bonds. The maximum absolute atomic E-state index is 12.7. The largest absolute Gasteiger partial charge is 0.342 e. The molecule has 0 aliphatic carbocycles. The Morgan fingerprint density at radius 2 is 1.94 bits per heavy atom. The Hall–Kier alpha value is -3.73. The highest BCUT2D eigenvalue weighted by atomic mass is 32.2. The molecule has 1 aromatic heterocycles. The van der Waals surface area contributed by atoms with Crippen LogP contribution in [0.2, 0.25) is 0 Å². The molecular formula is C22H24N6O4S. The van der Waals surface area contributed by atoms with Crippen molar-refractivity contribution in [3.05, 3.63) is 75.6 Å². The summed E-state index contributed by atoms with van der Waals surface area (Å²) < 4.78 is 0. The molecule has 0 bridgehead atoms. The summed E-state index contributed by atoms with van der Waals surface area (Å²) in [7, 11) is 0. The van der Waals surface area contributed by atoms with Crippen molar-refractivity contribution in [2.75, 3.05) is 11.1 Å². The second kappa shape index (κ2) is 10.7. The molecule has 3 N–H and O–H groups in total. The predicted molar refractivity (Wildman–Crippen MR) is 125 cm³/mol. The molecule has 0 saturated heterocycles. The molecule has 11 heteroatoms. The van der Waals surface area contributed by atoms with E-state index in [1.54, 1.807) is 0 Å². The van der Waals surface area contributed by atoms with Gasteiger partial charge in [-0.3, -0.25) is 24.8 Å². The molecule has 0 radical (unpaired) electrons. The van der Waals surface area contributed by atoms with Gasteiger partial charge in [-0.2, -0.15) is 0 Å². The highest BCUT2D eigenvalue weighted by Gasteiger charge is 2.24. The minimum atomic E-state index is -0.550. The number of amides is 2. The Kier molecular flexibility index (Phi) is 7.78. The van der Waals surface area contributed by atoms with Gasteiger partial charge in [-0.05, 0) is 30.5 Å². The molecule has 33 heavy (non-hydrogen) atoms. The van der Waals surface area contributed by atoms with E-state index in [4.69, 9.17) is 0 Å². The van der Waals surface area contributed by atoms with Gasteiger partial charge in [0.25, 0.3) is 11.6 Å². The van der Waals surface area contributed by atoms with Crippen molar-refractivity contribution in [3.63, 3.8) is 0 Å². The van der Waals surface area contributed by atoms with E-state index in [1.165, 1.54) is 36.0 Å². The Bertz CT molecular complexity index is 1160. The van der Waals surface area contributed by atoms with Crippen LogP contribution in [0.5, 0.6) is 0 Å². The Morgan fingerprint density at radius 3 is 2.64 bits per heavy atom. The number of nitro benzene ring substituents is 1. The van der Waals surface area contributed by atoms with Gasteiger partial charge in [-0.1, -0.05) is 49.9 Å². The van der Waals surface area contributed by atoms with E-state index in [1.807, 2.05) is 45.0 Å². The maximum atomic E-state index is 12.7. The first kappa shape index (κ1) is 23.9. The van der Waals surface area contributed by atoms with Crippen molar-refractivity contribution in [2.45, 2.75) is 32.0 Å². The van der Waals surface area contributed by atoms with Crippen LogP contribution in [0, 0.1) is 23.0 Å². The van der Waals surface area contributed by atoms with Gasteiger partial charge in [0.1, 0.15) is 5.82 Å². The van der Waals surface area contributed by atoms with Crippen molar-refractivity contribution in [1.29, 1.82) is 0 Å². The van der Waals surface area contributed by atoms with E-state index in [9.17, 15) is 19.7 Å². The lowest BCUT2D eigenvalue weighted by molar-refractivity contribution is -0.384. The standard InChI is InChI=1S/C22H24N6O4S/c1-13(2)19(24-21(30)15-8-6-9-16(11-15)28(31)32)20-25-22(27-26-20)33-12-18(29)23-17-10-5-4-7-14(17)3/h4-11,13,19H,12H2,1-3H3,(H,23,29)(H,24,30)(H,25,26,27)/t19-/m0/s1. The zero-order valence-corrected chi connectivity index (χ0v) is 19.2. The maximum Gasteiger partial charge on any atom is 0.270 e. The van der Waals surface area contributed by atoms with Crippen LogP contribution >= 0.6 is 11.8 Å². The summed E-state index contributed by atoms with van der Waals surface area (Å²) in [6, 6.07) is 12.5. The van der Waals surface area contributed by atoms with Crippen molar-refractivity contribution in [1.82, 2.24) is 20.5 Å². The van der Waals surface area contributed by atoms with Crippen molar-refractivity contribution >= 4 is 35.0 Å². The number of non-ortho nitro benzene ring substituents is 1. The quantitative estimate of drug-likeness (QED) is 0.246. The number of rotatable bonds is 9. The molecule has 172 valence electrons. The van der Waals surface area contributed by atoms with E-state index in [0.717, 1.165) is 11.3 Å². The normalized spacial score (nSPS) is 11.8. The Morgan fingerprint density at radius 1 is 1.18 bits per heavy atom. The third-order valence-corrected chi connectivity index (χ3v) is 5.65. The molecule has 2 aromatic carbocycles. The molecule has 0 aliphatic heterocycles. The number of hydrogen-bond donors (Lipinski definition) is 3. The molecule has 0 saturated carbocycles. The smallest absolute Gasteiger partial charge is 0.270 e. The Balaban J connectivity index is 1.63. The molecule has 0 aliphatic rings. The van der Waals surface area contributed by atoms with Crippen LogP contribution in [0.4, 0.5) is 11.4 Å². The fraction of sp³-hybridized carbons (Fsp3) is 0.273. The van der Waals surface area contributed by atoms with Gasteiger partial charge in [0.15, 0.2) is 0 Å². The molecule has 1 heterocycles. The van der Waals surface area contributed by atoms with Gasteiger partial charge < -0.3 is 10.6 Å². The average Bonchev–Trinajstić information content (AvgIpc) is 3.26. The number of aryl methyl sites for hydroxylation is 1. The first-order valence-corrected chi connectivity index (χ1v) is 11.2. The number of aromatic amines is 1. The van der Waals surface area contributed by atoms with Crippen LogP contribution in [0.25, 0.3) is 0 Å². The summed E-state index contributed by atoms with van der Waals surface area (Å²) in [5.41, 5.74) is 1.74. The van der Waals surface area contributed by atoms with Crippen molar-refractivity contribution in [2.24, 2.45) is 5.92 Å². The predicted octanol–water partition coefficient (Wildman–Crippen LogP) is 3.88. The molecule has 0 unspecified atom stereocenters. The van der Waals surface area contributed by atoms with Crippen LogP contribution in [0.3, 0.4) is 0 Å². The molecule has 10 nitrogen and oxygen atoms in total. The van der Waals surface area contributed by atoms with Crippen LogP contribution < -0.4 is 10.6 Å². The van der Waals surface area contributed by atoms with Crippen LogP contribution in [-0.4, -0.2) is 37.7 Å². The molecule has 0 spiro atoms. The molecule has 3 rings (SSSR count). The number of para-hydroxylation sites is 1. The molecular weight excluding hydrogens is 444 g/mol. The third-order valence-electron chi connectivity index (χ3n) is 4.80. The summed E-state index contributed by atoms with van der Waals surface area (Å²) in [6.07, 6.45) is 0. The van der Waals surface area contributed by atoms with Crippen molar-refractivity contribution in [3.8, 4) is 0 Å². The fourth-order valence-electron chi connectivity index (χ4n) is 3.03. The number of nitro groups is 1. The van der Waals surface area contributed by atoms with Gasteiger partial charge in [0.05, 0.1) is 16.7 Å². The summed E-state index contributed by atoms with van der Waals surface area (Å²) >= 11 is 1.17. The lowest BCUT2D eigenvalue weighted by atomic mass is 10.0. The highest BCUT2D eigenvalue weighted by Crippen LogP contribution is 2.23. The second-order valence-electron chi connectivity index (χ2n) is 7.66. The first-order chi connectivity index (χ1) is 15.7. The van der Waals surface area contributed by atoms with Gasteiger partial charge in [0.2, 0.25) is 11.1 Å². The summed E-state index contributed by atoms with van der Waals surface area (Å²) in [6.45, 7) is 5.73. The van der Waals surface area contributed by atoms with Gasteiger partial charge in [-0.15, -0.1) is 5.10 Å². The molecule has 0 fully saturated rings. The first-order valence-electron chi connectivity index (χ1n) is 10.2. The number of aromatic nitrogens is 3. The SMILES string of the molecule is Cc1ccccc1NC(=O)CSc1n[nH]c([C@@H](NC(=O)c2cccc([N+](=O)[O-])c2)C(C)C)n1. The van der Waals surface area contributed by atoms with E-state index < -0.39 is 16.9 Å². The third kappa shape index (κ3) is 6.39. The number of hydrogen-bond acceptors (Lipinski definition) is 7. The van der Waals surface area contributed by atoms with Gasteiger partial charge in [0, 0.05) is 23.4 Å². The molecule has 1 atom stereocenters. The zero-order chi connectivity index (χ0) is 24.0. The zero-order valence-electron chi connectivity index (χ0n) is 18.4. The highest BCUT2D eigenvalue weighted by molar-refractivity contribution is 7.99. The number of nitrogens with one attached hydrogen (secondary N) is 3. The van der Waals surface area contributed by atoms with Crippen LogP contribution in [0.15, 0.2) is 53.7 Å². The number of carbonyl (C=O) groups excluding carboxylic acids is 2. The fourth-order valence-corrected chi connectivity index (χ4v) is 3.63. The van der Waals surface area contributed by atoms with Crippen molar-refractivity contribution < 1.29 is 14.5 Å².